The second-order valence-corrected chi connectivity index (χ2v) is 3.57. The van der Waals surface area contributed by atoms with E-state index in [1.165, 1.54) is 19.3 Å². The van der Waals surface area contributed by atoms with Gasteiger partial charge >= 0.3 is 0 Å². The van der Waals surface area contributed by atoms with Crippen LogP contribution in [0, 0.1) is 5.41 Å². The number of hydrogen-bond acceptors (Lipinski definition) is 2. The van der Waals surface area contributed by atoms with Crippen molar-refractivity contribution in [1.29, 1.82) is 5.41 Å². The molecule has 0 aromatic carbocycles. The highest BCUT2D eigenvalue weighted by atomic mass is 15.1. The Morgan fingerprint density at radius 3 is 2.38 bits per heavy atom. The summed E-state index contributed by atoms with van der Waals surface area (Å²) in [6.07, 6.45) is 4.64. The maximum Gasteiger partial charge on any atom is 0.108 e. The summed E-state index contributed by atoms with van der Waals surface area (Å²) in [7, 11) is 2.05. The van der Waals surface area contributed by atoms with E-state index in [9.17, 15) is 0 Å². The van der Waals surface area contributed by atoms with Gasteiger partial charge < -0.3 is 5.73 Å². The lowest BCUT2D eigenvalue weighted by molar-refractivity contribution is 0.282. The molecule has 0 aromatic rings. The van der Waals surface area contributed by atoms with Gasteiger partial charge in [-0.05, 0) is 26.4 Å². The first-order valence-electron chi connectivity index (χ1n) is 5.17. The molecular formula is C10H23N3. The van der Waals surface area contributed by atoms with Crippen LogP contribution in [0.15, 0.2) is 0 Å². The molecule has 0 fully saturated rings. The Hall–Kier alpha value is -0.570. The van der Waals surface area contributed by atoms with Crippen molar-refractivity contribution in [3.63, 3.8) is 0 Å². The summed E-state index contributed by atoms with van der Waals surface area (Å²) in [6, 6.07) is 0.136. The quantitative estimate of drug-likeness (QED) is 0.361. The number of unbranched alkanes of at least 4 members (excludes halogenated alkanes) is 2. The van der Waals surface area contributed by atoms with Gasteiger partial charge in [-0.25, -0.2) is 0 Å². The first-order valence-corrected chi connectivity index (χ1v) is 5.17. The zero-order valence-corrected chi connectivity index (χ0v) is 9.14. The number of nitrogens with zero attached hydrogens (tertiary/aromatic N) is 1. The summed E-state index contributed by atoms with van der Waals surface area (Å²) >= 11 is 0. The lowest BCUT2D eigenvalue weighted by Gasteiger charge is -2.25. The molecular weight excluding hydrogens is 162 g/mol. The van der Waals surface area contributed by atoms with Crippen molar-refractivity contribution < 1.29 is 0 Å². The van der Waals surface area contributed by atoms with Crippen molar-refractivity contribution in [3.8, 4) is 0 Å². The lowest BCUT2D eigenvalue weighted by atomic mass is 10.1. The minimum Gasteiger partial charge on any atom is -0.386 e. The molecule has 0 saturated carbocycles. The number of amidine groups is 1. The number of nitrogens with one attached hydrogen (secondary N) is 1. The van der Waals surface area contributed by atoms with E-state index in [-0.39, 0.29) is 6.04 Å². The second kappa shape index (κ2) is 6.89. The maximum atomic E-state index is 7.40. The van der Waals surface area contributed by atoms with Gasteiger partial charge in [-0.1, -0.05) is 26.7 Å². The molecule has 0 spiro atoms. The highest BCUT2D eigenvalue weighted by molar-refractivity contribution is 5.82. The monoisotopic (exact) mass is 185 g/mol. The highest BCUT2D eigenvalue weighted by Crippen LogP contribution is 2.04. The van der Waals surface area contributed by atoms with Gasteiger partial charge in [0.15, 0.2) is 0 Å². The molecule has 0 aliphatic heterocycles. The normalized spacial score (nSPS) is 13.2. The fraction of sp³-hybridized carbons (Fsp3) is 0.900. The van der Waals surface area contributed by atoms with E-state index < -0.39 is 0 Å². The Labute approximate surface area is 81.8 Å². The van der Waals surface area contributed by atoms with Crippen molar-refractivity contribution in [2.45, 2.75) is 45.6 Å². The van der Waals surface area contributed by atoms with Gasteiger partial charge in [-0.3, -0.25) is 10.3 Å². The molecule has 78 valence electrons. The molecule has 0 amide bonds. The van der Waals surface area contributed by atoms with Crippen LogP contribution in [-0.2, 0) is 0 Å². The third-order valence-corrected chi connectivity index (χ3v) is 2.39. The Kier molecular flexibility index (Phi) is 6.59. The first kappa shape index (κ1) is 12.4. The van der Waals surface area contributed by atoms with Crippen molar-refractivity contribution in [1.82, 2.24) is 4.90 Å². The van der Waals surface area contributed by atoms with E-state index in [1.54, 1.807) is 0 Å². The molecule has 0 aliphatic rings. The van der Waals surface area contributed by atoms with Crippen molar-refractivity contribution in [3.05, 3.63) is 0 Å². The average molecular weight is 185 g/mol. The summed E-state index contributed by atoms with van der Waals surface area (Å²) in [5, 5.41) is 7.40. The van der Waals surface area contributed by atoms with Crippen LogP contribution in [0.4, 0.5) is 0 Å². The molecule has 13 heavy (non-hydrogen) atoms. The largest absolute Gasteiger partial charge is 0.386 e. The highest BCUT2D eigenvalue weighted by Gasteiger charge is 2.14. The number of nitrogens with two attached hydrogens (primary N) is 1. The van der Waals surface area contributed by atoms with Crippen LogP contribution in [-0.4, -0.2) is 30.4 Å². The van der Waals surface area contributed by atoms with Crippen LogP contribution >= 0.6 is 0 Å². The van der Waals surface area contributed by atoms with E-state index in [0.717, 1.165) is 13.0 Å². The maximum absolute atomic E-state index is 7.40. The fourth-order valence-electron chi connectivity index (χ4n) is 1.54. The number of hydrogen-bond donors (Lipinski definition) is 2. The van der Waals surface area contributed by atoms with Gasteiger partial charge in [0.25, 0.3) is 0 Å². The van der Waals surface area contributed by atoms with Gasteiger partial charge in [0, 0.05) is 0 Å². The minimum atomic E-state index is 0.136. The van der Waals surface area contributed by atoms with Gasteiger partial charge in [-0.2, -0.15) is 0 Å². The summed E-state index contributed by atoms with van der Waals surface area (Å²) < 4.78 is 0. The van der Waals surface area contributed by atoms with Crippen molar-refractivity contribution >= 4 is 5.84 Å². The molecule has 0 radical (unpaired) electrons. The average Bonchev–Trinajstić information content (AvgIpc) is 2.05. The van der Waals surface area contributed by atoms with Gasteiger partial charge in [0.05, 0.1) is 6.04 Å². The molecule has 3 nitrogen and oxygen atoms in total. The summed E-state index contributed by atoms with van der Waals surface area (Å²) in [6.45, 7) is 5.32. The van der Waals surface area contributed by atoms with E-state index in [2.05, 4.69) is 18.7 Å². The summed E-state index contributed by atoms with van der Waals surface area (Å²) in [5.74, 6) is 0.293. The zero-order chi connectivity index (χ0) is 10.3. The van der Waals surface area contributed by atoms with Gasteiger partial charge in [0.2, 0.25) is 0 Å². The van der Waals surface area contributed by atoms with Gasteiger partial charge in [-0.15, -0.1) is 0 Å². The molecule has 3 heteroatoms. The molecule has 1 atom stereocenters. The van der Waals surface area contributed by atoms with Crippen LogP contribution in [0.2, 0.25) is 0 Å². The molecule has 0 aromatic heterocycles. The van der Waals surface area contributed by atoms with Crippen LogP contribution in [0.3, 0.4) is 0 Å². The van der Waals surface area contributed by atoms with Crippen LogP contribution in [0.5, 0.6) is 0 Å². The fourth-order valence-corrected chi connectivity index (χ4v) is 1.54. The van der Waals surface area contributed by atoms with E-state index in [1.807, 2.05) is 7.05 Å². The number of rotatable bonds is 7. The Balaban J connectivity index is 3.77. The van der Waals surface area contributed by atoms with Crippen molar-refractivity contribution in [2.24, 2.45) is 5.73 Å². The molecule has 0 heterocycles. The summed E-state index contributed by atoms with van der Waals surface area (Å²) in [4.78, 5) is 2.18. The third-order valence-electron chi connectivity index (χ3n) is 2.39. The molecule has 0 rings (SSSR count). The SMILES string of the molecule is CCCCCN(C)C(CC)C(=N)N. The second-order valence-electron chi connectivity index (χ2n) is 3.57. The van der Waals surface area contributed by atoms with Crippen LogP contribution < -0.4 is 5.73 Å². The standard InChI is InChI=1S/C10H23N3/c1-4-6-7-8-13(3)9(5-2)10(11)12/h9H,4-8H2,1-3H3,(H3,11,12). The van der Waals surface area contributed by atoms with E-state index in [0.29, 0.717) is 5.84 Å². The van der Waals surface area contributed by atoms with E-state index in [4.69, 9.17) is 11.1 Å². The topological polar surface area (TPSA) is 53.1 Å². The predicted molar refractivity (Wildman–Crippen MR) is 58.1 cm³/mol. The van der Waals surface area contributed by atoms with Gasteiger partial charge in [0.1, 0.15) is 5.84 Å². The smallest absolute Gasteiger partial charge is 0.108 e. The van der Waals surface area contributed by atoms with Crippen LogP contribution in [0.25, 0.3) is 0 Å². The predicted octanol–water partition coefficient (Wildman–Crippen LogP) is 1.82. The number of likely N-dealkylation sites (N-methyl/N-ethyl adjacent to an activating group) is 1. The lowest BCUT2D eigenvalue weighted by Crippen LogP contribution is -2.42. The summed E-state index contributed by atoms with van der Waals surface area (Å²) in [5.41, 5.74) is 5.49. The third kappa shape index (κ3) is 4.88. The molecule has 0 aliphatic carbocycles. The molecule has 1 unspecified atom stereocenters. The van der Waals surface area contributed by atoms with Crippen molar-refractivity contribution in [2.75, 3.05) is 13.6 Å². The molecule has 0 bridgehead atoms. The molecule has 3 N–H and O–H groups in total. The minimum absolute atomic E-state index is 0.136. The Morgan fingerprint density at radius 2 is 2.00 bits per heavy atom. The first-order chi connectivity index (χ1) is 6.13. The Morgan fingerprint density at radius 1 is 1.38 bits per heavy atom. The van der Waals surface area contributed by atoms with Crippen LogP contribution in [0.1, 0.15) is 39.5 Å². The zero-order valence-electron chi connectivity index (χ0n) is 9.14. The Bertz CT molecular complexity index is 145. The van der Waals surface area contributed by atoms with E-state index >= 15 is 0 Å². The molecule has 0 saturated heterocycles.